The molecule has 1 saturated heterocycles. The van der Waals surface area contributed by atoms with E-state index in [1.807, 2.05) is 0 Å². The van der Waals surface area contributed by atoms with Crippen LogP contribution in [0.25, 0.3) is 0 Å². The molecule has 4 heteroatoms. The van der Waals surface area contributed by atoms with Gasteiger partial charge in [0.2, 0.25) is 5.91 Å². The zero-order valence-corrected chi connectivity index (χ0v) is 11.6. The Balaban J connectivity index is 2.17. The number of carbonyl (C=O) groups is 2. The van der Waals surface area contributed by atoms with Crippen molar-refractivity contribution in [2.24, 2.45) is 5.92 Å². The molecule has 1 amide bonds. The molecule has 0 N–H and O–H groups in total. The normalized spacial score (nSPS) is 19.0. The molecule has 0 bridgehead atoms. The van der Waals surface area contributed by atoms with Crippen LogP contribution in [0, 0.1) is 5.92 Å². The van der Waals surface area contributed by atoms with Crippen molar-refractivity contribution in [2.45, 2.75) is 51.9 Å². The van der Waals surface area contributed by atoms with Crippen LogP contribution in [0.3, 0.4) is 0 Å². The van der Waals surface area contributed by atoms with Crippen molar-refractivity contribution >= 4 is 11.9 Å². The molecule has 1 aliphatic heterocycles. The van der Waals surface area contributed by atoms with Gasteiger partial charge in [-0.25, -0.2) is 0 Å². The Morgan fingerprint density at radius 2 is 1.94 bits per heavy atom. The number of esters is 1. The Bertz CT molecular complexity index is 278. The lowest BCUT2D eigenvalue weighted by atomic mass is 10.1. The SMILES string of the molecule is CCCCCCCC(=O)N1CCC(C(=O)OC)C1. The Kier molecular flexibility index (Phi) is 6.76. The minimum absolute atomic E-state index is 0.112. The van der Waals surface area contributed by atoms with Gasteiger partial charge in [-0.05, 0) is 12.8 Å². The molecule has 0 aliphatic carbocycles. The molecule has 0 aromatic rings. The highest BCUT2D eigenvalue weighted by molar-refractivity contribution is 5.79. The lowest BCUT2D eigenvalue weighted by molar-refractivity contribution is -0.145. The largest absolute Gasteiger partial charge is 0.469 e. The minimum atomic E-state index is -0.187. The van der Waals surface area contributed by atoms with Gasteiger partial charge in [0.25, 0.3) is 0 Å². The average molecular weight is 255 g/mol. The molecule has 0 aromatic heterocycles. The summed E-state index contributed by atoms with van der Waals surface area (Å²) in [6.45, 7) is 3.43. The summed E-state index contributed by atoms with van der Waals surface area (Å²) >= 11 is 0. The molecule has 0 spiro atoms. The Morgan fingerprint density at radius 3 is 2.61 bits per heavy atom. The lowest BCUT2D eigenvalue weighted by Crippen LogP contribution is -2.29. The van der Waals surface area contributed by atoms with Crippen LogP contribution >= 0.6 is 0 Å². The van der Waals surface area contributed by atoms with Crippen LogP contribution in [0.4, 0.5) is 0 Å². The maximum atomic E-state index is 11.9. The molecule has 4 nitrogen and oxygen atoms in total. The van der Waals surface area contributed by atoms with E-state index in [4.69, 9.17) is 4.74 Å². The fourth-order valence-electron chi connectivity index (χ4n) is 2.38. The predicted molar refractivity (Wildman–Crippen MR) is 70.1 cm³/mol. The van der Waals surface area contributed by atoms with Crippen molar-refractivity contribution in [1.29, 1.82) is 0 Å². The van der Waals surface area contributed by atoms with Crippen LogP contribution in [0.15, 0.2) is 0 Å². The number of nitrogens with zero attached hydrogens (tertiary/aromatic N) is 1. The van der Waals surface area contributed by atoms with Gasteiger partial charge in [0.15, 0.2) is 0 Å². The molecule has 1 atom stereocenters. The highest BCUT2D eigenvalue weighted by Crippen LogP contribution is 2.19. The van der Waals surface area contributed by atoms with Gasteiger partial charge in [0.05, 0.1) is 13.0 Å². The number of hydrogen-bond acceptors (Lipinski definition) is 3. The van der Waals surface area contributed by atoms with Crippen LogP contribution in [0.5, 0.6) is 0 Å². The highest BCUT2D eigenvalue weighted by atomic mass is 16.5. The van der Waals surface area contributed by atoms with E-state index < -0.39 is 0 Å². The summed E-state index contributed by atoms with van der Waals surface area (Å²) in [6.07, 6.45) is 7.16. The van der Waals surface area contributed by atoms with E-state index in [0.717, 1.165) is 19.3 Å². The molecule has 0 radical (unpaired) electrons. The fourth-order valence-corrected chi connectivity index (χ4v) is 2.38. The van der Waals surface area contributed by atoms with Crippen molar-refractivity contribution in [3.63, 3.8) is 0 Å². The van der Waals surface area contributed by atoms with Crippen molar-refractivity contribution in [1.82, 2.24) is 4.90 Å². The van der Waals surface area contributed by atoms with E-state index in [1.54, 1.807) is 4.90 Å². The maximum absolute atomic E-state index is 11.9. The highest BCUT2D eigenvalue weighted by Gasteiger charge is 2.31. The van der Waals surface area contributed by atoms with Gasteiger partial charge >= 0.3 is 5.97 Å². The van der Waals surface area contributed by atoms with Crippen molar-refractivity contribution in [3.8, 4) is 0 Å². The van der Waals surface area contributed by atoms with Crippen molar-refractivity contribution in [3.05, 3.63) is 0 Å². The standard InChI is InChI=1S/C14H25NO3/c1-3-4-5-6-7-8-13(16)15-10-9-12(11-15)14(17)18-2/h12H,3-11H2,1-2H3. The van der Waals surface area contributed by atoms with Gasteiger partial charge in [-0.2, -0.15) is 0 Å². The summed E-state index contributed by atoms with van der Waals surface area (Å²) < 4.78 is 4.71. The quantitative estimate of drug-likeness (QED) is 0.518. The second-order valence-corrected chi connectivity index (χ2v) is 5.01. The number of amides is 1. The van der Waals surface area contributed by atoms with Crippen LogP contribution in [0.2, 0.25) is 0 Å². The van der Waals surface area contributed by atoms with Gasteiger partial charge in [-0.1, -0.05) is 32.6 Å². The zero-order chi connectivity index (χ0) is 13.4. The molecule has 0 aromatic carbocycles. The first-order chi connectivity index (χ1) is 8.69. The van der Waals surface area contributed by atoms with E-state index in [0.29, 0.717) is 19.5 Å². The number of rotatable bonds is 7. The van der Waals surface area contributed by atoms with Gasteiger partial charge in [0, 0.05) is 19.5 Å². The Morgan fingerprint density at radius 1 is 1.22 bits per heavy atom. The molecule has 1 fully saturated rings. The topological polar surface area (TPSA) is 46.6 Å². The zero-order valence-electron chi connectivity index (χ0n) is 11.6. The number of carbonyl (C=O) groups excluding carboxylic acids is 2. The van der Waals surface area contributed by atoms with E-state index in [-0.39, 0.29) is 17.8 Å². The Labute approximate surface area is 110 Å². The first kappa shape index (κ1) is 15.0. The molecule has 104 valence electrons. The second kappa shape index (κ2) is 8.11. The number of ether oxygens (including phenoxy) is 1. The molecule has 1 rings (SSSR count). The van der Waals surface area contributed by atoms with Crippen LogP contribution in [-0.2, 0) is 14.3 Å². The maximum Gasteiger partial charge on any atom is 0.310 e. The molecular weight excluding hydrogens is 230 g/mol. The number of hydrogen-bond donors (Lipinski definition) is 0. The molecule has 18 heavy (non-hydrogen) atoms. The van der Waals surface area contributed by atoms with Crippen molar-refractivity contribution < 1.29 is 14.3 Å². The molecule has 0 saturated carbocycles. The lowest BCUT2D eigenvalue weighted by Gasteiger charge is -2.15. The first-order valence-corrected chi connectivity index (χ1v) is 7.04. The number of unbranched alkanes of at least 4 members (excludes halogenated alkanes) is 4. The number of likely N-dealkylation sites (tertiary alicyclic amines) is 1. The third-order valence-electron chi connectivity index (χ3n) is 3.57. The third-order valence-corrected chi connectivity index (χ3v) is 3.57. The van der Waals surface area contributed by atoms with Gasteiger partial charge in [-0.3, -0.25) is 9.59 Å². The van der Waals surface area contributed by atoms with Crippen LogP contribution in [0.1, 0.15) is 51.9 Å². The monoisotopic (exact) mass is 255 g/mol. The van der Waals surface area contributed by atoms with Gasteiger partial charge in [0.1, 0.15) is 0 Å². The van der Waals surface area contributed by atoms with E-state index in [2.05, 4.69) is 6.92 Å². The van der Waals surface area contributed by atoms with E-state index in [1.165, 1.54) is 26.4 Å². The summed E-state index contributed by atoms with van der Waals surface area (Å²) in [5.74, 6) is -0.106. The van der Waals surface area contributed by atoms with Crippen LogP contribution in [-0.4, -0.2) is 37.0 Å². The van der Waals surface area contributed by atoms with E-state index in [9.17, 15) is 9.59 Å². The summed E-state index contributed by atoms with van der Waals surface area (Å²) in [5, 5.41) is 0. The average Bonchev–Trinajstić information content (AvgIpc) is 2.87. The molecule has 1 aliphatic rings. The van der Waals surface area contributed by atoms with Gasteiger partial charge in [-0.15, -0.1) is 0 Å². The fraction of sp³-hybridized carbons (Fsp3) is 0.857. The molecule has 1 heterocycles. The molecular formula is C14H25NO3. The van der Waals surface area contributed by atoms with Gasteiger partial charge < -0.3 is 9.64 Å². The summed E-state index contributed by atoms with van der Waals surface area (Å²) in [7, 11) is 1.40. The second-order valence-electron chi connectivity index (χ2n) is 5.01. The summed E-state index contributed by atoms with van der Waals surface area (Å²) in [5.41, 5.74) is 0. The summed E-state index contributed by atoms with van der Waals surface area (Å²) in [4.78, 5) is 25.1. The Hall–Kier alpha value is -1.06. The predicted octanol–water partition coefficient (Wildman–Crippen LogP) is 2.37. The molecule has 1 unspecified atom stereocenters. The summed E-state index contributed by atoms with van der Waals surface area (Å²) in [6, 6.07) is 0. The van der Waals surface area contributed by atoms with Crippen molar-refractivity contribution in [2.75, 3.05) is 20.2 Å². The van der Waals surface area contributed by atoms with Crippen LogP contribution < -0.4 is 0 Å². The number of methoxy groups -OCH3 is 1. The minimum Gasteiger partial charge on any atom is -0.469 e. The third kappa shape index (κ3) is 4.67. The smallest absolute Gasteiger partial charge is 0.310 e. The first-order valence-electron chi connectivity index (χ1n) is 7.04. The van der Waals surface area contributed by atoms with E-state index >= 15 is 0 Å².